The number of hydrogen-bond acceptors (Lipinski definition) is 4. The predicted molar refractivity (Wildman–Crippen MR) is 130 cm³/mol. The lowest BCUT2D eigenvalue weighted by atomic mass is 10.0. The third kappa shape index (κ3) is 5.10. The van der Waals surface area contributed by atoms with E-state index in [0.717, 1.165) is 11.1 Å². The van der Waals surface area contributed by atoms with Crippen molar-refractivity contribution >= 4 is 9.84 Å². The molecule has 0 N–H and O–H groups in total. The number of ether oxygens (including phenoxy) is 2. The van der Waals surface area contributed by atoms with Crippen LogP contribution in [0.25, 0.3) is 0 Å². The van der Waals surface area contributed by atoms with Crippen molar-refractivity contribution in [3.05, 3.63) is 119 Å². The van der Waals surface area contributed by atoms with Crippen LogP contribution in [-0.4, -0.2) is 22.6 Å². The first-order chi connectivity index (χ1) is 16.0. The third-order valence-electron chi connectivity index (χ3n) is 5.59. The average molecular weight is 459 g/mol. The van der Waals surface area contributed by atoms with Crippen molar-refractivity contribution < 1.29 is 17.9 Å². The van der Waals surface area contributed by atoms with E-state index in [1.54, 1.807) is 50.6 Å². The molecule has 5 heteroatoms. The first kappa shape index (κ1) is 22.6. The van der Waals surface area contributed by atoms with Crippen molar-refractivity contribution in [1.29, 1.82) is 0 Å². The highest BCUT2D eigenvalue weighted by atomic mass is 32.2. The van der Waals surface area contributed by atoms with E-state index in [0.29, 0.717) is 35.5 Å². The van der Waals surface area contributed by atoms with Crippen molar-refractivity contribution in [2.45, 2.75) is 22.6 Å². The van der Waals surface area contributed by atoms with E-state index in [1.807, 2.05) is 60.7 Å². The number of methoxy groups -OCH3 is 2. The van der Waals surface area contributed by atoms with Gasteiger partial charge in [0.25, 0.3) is 0 Å². The highest BCUT2D eigenvalue weighted by molar-refractivity contribution is 7.91. The SMILES string of the molecule is COc1ccc(S(=O)(=O)c2ccc(OC)cc2Cc2ccccc2)c(Cc2ccccc2)c1. The molecule has 4 aromatic rings. The van der Waals surface area contributed by atoms with Crippen LogP contribution >= 0.6 is 0 Å². The van der Waals surface area contributed by atoms with Crippen molar-refractivity contribution in [2.75, 3.05) is 14.2 Å². The summed E-state index contributed by atoms with van der Waals surface area (Å²) in [5.41, 5.74) is 3.45. The molecule has 0 aliphatic carbocycles. The molecule has 0 amide bonds. The smallest absolute Gasteiger partial charge is 0.207 e. The Bertz CT molecular complexity index is 1230. The molecule has 0 atom stereocenters. The summed E-state index contributed by atoms with van der Waals surface area (Å²) in [5.74, 6) is 1.25. The van der Waals surface area contributed by atoms with Gasteiger partial charge in [0, 0.05) is 0 Å². The minimum absolute atomic E-state index is 0.284. The lowest BCUT2D eigenvalue weighted by molar-refractivity contribution is 0.414. The zero-order valence-electron chi connectivity index (χ0n) is 18.7. The van der Waals surface area contributed by atoms with E-state index < -0.39 is 9.84 Å². The van der Waals surface area contributed by atoms with E-state index in [1.165, 1.54) is 0 Å². The predicted octanol–water partition coefficient (Wildman–Crippen LogP) is 5.72. The molecule has 0 spiro atoms. The monoisotopic (exact) mass is 458 g/mol. The topological polar surface area (TPSA) is 52.6 Å². The quantitative estimate of drug-likeness (QED) is 0.339. The van der Waals surface area contributed by atoms with Gasteiger partial charge in [-0.3, -0.25) is 0 Å². The van der Waals surface area contributed by atoms with E-state index in [-0.39, 0.29) is 9.79 Å². The fraction of sp³-hybridized carbons (Fsp3) is 0.143. The number of sulfone groups is 1. The average Bonchev–Trinajstić information content (AvgIpc) is 2.85. The Hall–Kier alpha value is -3.57. The highest BCUT2D eigenvalue weighted by Crippen LogP contribution is 2.33. The lowest BCUT2D eigenvalue weighted by Gasteiger charge is -2.16. The van der Waals surface area contributed by atoms with Crippen LogP contribution in [0.1, 0.15) is 22.3 Å². The molecule has 0 radical (unpaired) electrons. The molecule has 0 saturated heterocycles. The summed E-state index contributed by atoms with van der Waals surface area (Å²) in [6, 6.07) is 29.9. The molecular weight excluding hydrogens is 432 g/mol. The van der Waals surface area contributed by atoms with Crippen molar-refractivity contribution in [1.82, 2.24) is 0 Å². The minimum Gasteiger partial charge on any atom is -0.497 e. The van der Waals surface area contributed by atoms with Crippen LogP contribution in [0.3, 0.4) is 0 Å². The lowest BCUT2D eigenvalue weighted by Crippen LogP contribution is -2.10. The summed E-state index contributed by atoms with van der Waals surface area (Å²) in [6.45, 7) is 0. The summed E-state index contributed by atoms with van der Waals surface area (Å²) >= 11 is 0. The fourth-order valence-corrected chi connectivity index (χ4v) is 5.60. The van der Waals surface area contributed by atoms with Crippen LogP contribution in [0.4, 0.5) is 0 Å². The molecule has 0 saturated carbocycles. The zero-order valence-corrected chi connectivity index (χ0v) is 19.5. The van der Waals surface area contributed by atoms with E-state index >= 15 is 0 Å². The Labute approximate surface area is 195 Å². The normalized spacial score (nSPS) is 11.2. The molecule has 0 fully saturated rings. The molecule has 0 bridgehead atoms. The van der Waals surface area contributed by atoms with Crippen molar-refractivity contribution in [3.63, 3.8) is 0 Å². The largest absolute Gasteiger partial charge is 0.497 e. The molecule has 4 nitrogen and oxygen atoms in total. The highest BCUT2D eigenvalue weighted by Gasteiger charge is 2.25. The first-order valence-corrected chi connectivity index (χ1v) is 12.2. The van der Waals surface area contributed by atoms with Gasteiger partial charge in [0.05, 0.1) is 24.0 Å². The van der Waals surface area contributed by atoms with Gasteiger partial charge in [0.2, 0.25) is 9.84 Å². The van der Waals surface area contributed by atoms with Gasteiger partial charge < -0.3 is 9.47 Å². The van der Waals surface area contributed by atoms with Gasteiger partial charge >= 0.3 is 0 Å². The standard InChI is InChI=1S/C28H26O4S/c1-31-25-13-15-27(23(19-25)17-21-9-5-3-6-10-21)33(29,30)28-16-14-26(32-2)20-24(28)18-22-11-7-4-8-12-22/h3-16,19-20H,17-18H2,1-2H3. The molecular formula is C28H26O4S. The second kappa shape index (κ2) is 9.92. The Morgan fingerprint density at radius 3 is 1.33 bits per heavy atom. The molecule has 4 aromatic carbocycles. The van der Waals surface area contributed by atoms with Crippen LogP contribution in [0.15, 0.2) is 107 Å². The van der Waals surface area contributed by atoms with Crippen molar-refractivity contribution in [2.24, 2.45) is 0 Å². The molecule has 168 valence electrons. The van der Waals surface area contributed by atoms with E-state index in [9.17, 15) is 8.42 Å². The van der Waals surface area contributed by atoms with Crippen LogP contribution < -0.4 is 9.47 Å². The van der Waals surface area contributed by atoms with Crippen LogP contribution in [-0.2, 0) is 22.7 Å². The van der Waals surface area contributed by atoms with Gasteiger partial charge in [-0.05, 0) is 71.5 Å². The molecule has 0 aliphatic rings. The van der Waals surface area contributed by atoms with Crippen molar-refractivity contribution in [3.8, 4) is 11.5 Å². The molecule has 0 aliphatic heterocycles. The molecule has 33 heavy (non-hydrogen) atoms. The van der Waals surface area contributed by atoms with Crippen LogP contribution in [0.2, 0.25) is 0 Å². The Morgan fingerprint density at radius 1 is 0.576 bits per heavy atom. The number of hydrogen-bond donors (Lipinski definition) is 0. The number of benzene rings is 4. The minimum atomic E-state index is -3.80. The van der Waals surface area contributed by atoms with Gasteiger partial charge in [-0.15, -0.1) is 0 Å². The number of rotatable bonds is 8. The summed E-state index contributed by atoms with van der Waals surface area (Å²) < 4.78 is 38.7. The Morgan fingerprint density at radius 2 is 0.970 bits per heavy atom. The maximum atomic E-state index is 14.0. The summed E-state index contributed by atoms with van der Waals surface area (Å²) in [5, 5.41) is 0. The van der Waals surface area contributed by atoms with Crippen LogP contribution in [0, 0.1) is 0 Å². The second-order valence-electron chi connectivity index (χ2n) is 7.78. The van der Waals surface area contributed by atoms with Crippen LogP contribution in [0.5, 0.6) is 11.5 Å². The van der Waals surface area contributed by atoms with E-state index in [4.69, 9.17) is 9.47 Å². The molecule has 4 rings (SSSR count). The first-order valence-electron chi connectivity index (χ1n) is 10.7. The van der Waals surface area contributed by atoms with E-state index in [2.05, 4.69) is 0 Å². The second-order valence-corrected chi connectivity index (χ2v) is 9.66. The van der Waals surface area contributed by atoms with Gasteiger partial charge in [0.15, 0.2) is 0 Å². The fourth-order valence-electron chi connectivity index (χ4n) is 3.92. The maximum Gasteiger partial charge on any atom is 0.207 e. The zero-order chi connectivity index (χ0) is 23.3. The summed E-state index contributed by atoms with van der Waals surface area (Å²) in [7, 11) is -0.640. The molecule has 0 aromatic heterocycles. The van der Waals surface area contributed by atoms with Gasteiger partial charge in [-0.1, -0.05) is 60.7 Å². The Balaban J connectivity index is 1.83. The van der Waals surface area contributed by atoms with Gasteiger partial charge in [0.1, 0.15) is 11.5 Å². The molecule has 0 heterocycles. The maximum absolute atomic E-state index is 14.0. The summed E-state index contributed by atoms with van der Waals surface area (Å²) in [6.07, 6.45) is 0.966. The Kier molecular flexibility index (Phi) is 6.80. The molecule has 0 unspecified atom stereocenters. The summed E-state index contributed by atoms with van der Waals surface area (Å²) in [4.78, 5) is 0.568. The van der Waals surface area contributed by atoms with Gasteiger partial charge in [-0.2, -0.15) is 0 Å². The third-order valence-corrected chi connectivity index (χ3v) is 7.54. The van der Waals surface area contributed by atoms with Gasteiger partial charge in [-0.25, -0.2) is 8.42 Å².